The molecule has 2 amide bonds. The van der Waals surface area contributed by atoms with E-state index >= 15 is 0 Å². The van der Waals surface area contributed by atoms with Crippen LogP contribution in [0, 0.1) is 12.8 Å². The van der Waals surface area contributed by atoms with Gasteiger partial charge in [0.1, 0.15) is 0 Å². The largest absolute Gasteiger partial charge is 0.369 e. The molecular formula is C14H19N3O2. The van der Waals surface area contributed by atoms with E-state index in [0.29, 0.717) is 0 Å². The van der Waals surface area contributed by atoms with Crippen LogP contribution >= 0.6 is 0 Å². The summed E-state index contributed by atoms with van der Waals surface area (Å²) in [7, 11) is 0. The van der Waals surface area contributed by atoms with Crippen LogP contribution in [0.2, 0.25) is 0 Å². The van der Waals surface area contributed by atoms with E-state index in [1.54, 1.807) is 6.20 Å². The molecule has 5 heteroatoms. The van der Waals surface area contributed by atoms with Gasteiger partial charge in [-0.25, -0.2) is 0 Å². The maximum atomic E-state index is 11.9. The third-order valence-corrected chi connectivity index (χ3v) is 3.57. The van der Waals surface area contributed by atoms with Crippen LogP contribution < -0.4 is 11.1 Å². The smallest absolute Gasteiger partial charge is 0.224 e. The van der Waals surface area contributed by atoms with Crippen LogP contribution in [0.3, 0.4) is 0 Å². The second-order valence-corrected chi connectivity index (χ2v) is 5.10. The van der Waals surface area contributed by atoms with Crippen LogP contribution in [0.15, 0.2) is 18.3 Å². The van der Waals surface area contributed by atoms with Gasteiger partial charge in [-0.15, -0.1) is 0 Å². The lowest BCUT2D eigenvalue weighted by Gasteiger charge is -2.18. The topological polar surface area (TPSA) is 85.1 Å². The molecule has 102 valence electrons. The summed E-state index contributed by atoms with van der Waals surface area (Å²) in [6, 6.07) is 3.66. The Kier molecular flexibility index (Phi) is 4.14. The Balaban J connectivity index is 1.90. The average molecular weight is 261 g/mol. The van der Waals surface area contributed by atoms with E-state index < -0.39 is 0 Å². The highest BCUT2D eigenvalue weighted by molar-refractivity contribution is 5.82. The Bertz CT molecular complexity index is 470. The summed E-state index contributed by atoms with van der Waals surface area (Å²) in [5.74, 6) is -0.622. The van der Waals surface area contributed by atoms with Gasteiger partial charge in [0.15, 0.2) is 0 Å². The lowest BCUT2D eigenvalue weighted by molar-refractivity contribution is -0.124. The lowest BCUT2D eigenvalue weighted by Crippen LogP contribution is -2.42. The maximum absolute atomic E-state index is 11.9. The van der Waals surface area contributed by atoms with Crippen LogP contribution in [0.1, 0.15) is 30.5 Å². The third kappa shape index (κ3) is 3.53. The van der Waals surface area contributed by atoms with Crippen molar-refractivity contribution in [2.75, 3.05) is 0 Å². The van der Waals surface area contributed by atoms with E-state index in [1.165, 1.54) is 0 Å². The first-order chi connectivity index (χ1) is 9.06. The van der Waals surface area contributed by atoms with Gasteiger partial charge in [-0.1, -0.05) is 12.5 Å². The molecule has 1 saturated carbocycles. The van der Waals surface area contributed by atoms with Gasteiger partial charge in [0.05, 0.1) is 12.3 Å². The van der Waals surface area contributed by atoms with Crippen LogP contribution in [-0.4, -0.2) is 22.8 Å². The van der Waals surface area contributed by atoms with Gasteiger partial charge < -0.3 is 11.1 Å². The van der Waals surface area contributed by atoms with Gasteiger partial charge >= 0.3 is 0 Å². The standard InChI is InChI=1S/C14H19N3O2/c1-9-5-6-10(8-16-9)7-13(18)17-12-4-2-3-11(12)14(15)19/h5-6,8,11-12H,2-4,7H2,1H3,(H2,15,19)(H,17,18)/t11-,12+/m0/s1. The summed E-state index contributed by atoms with van der Waals surface area (Å²) >= 11 is 0. The number of carbonyl (C=O) groups is 2. The molecule has 1 aromatic heterocycles. The van der Waals surface area contributed by atoms with Gasteiger partial charge in [0.25, 0.3) is 0 Å². The molecule has 1 heterocycles. The number of rotatable bonds is 4. The van der Waals surface area contributed by atoms with Crippen LogP contribution in [0.25, 0.3) is 0 Å². The molecule has 3 N–H and O–H groups in total. The molecule has 2 rings (SSSR count). The molecule has 1 fully saturated rings. The summed E-state index contributed by atoms with van der Waals surface area (Å²) in [4.78, 5) is 27.3. The molecule has 0 aromatic carbocycles. The molecule has 0 saturated heterocycles. The van der Waals surface area contributed by atoms with Crippen molar-refractivity contribution in [1.29, 1.82) is 0 Å². The van der Waals surface area contributed by atoms with Gasteiger partial charge in [-0.2, -0.15) is 0 Å². The number of nitrogens with two attached hydrogens (primary N) is 1. The van der Waals surface area contributed by atoms with E-state index in [2.05, 4.69) is 10.3 Å². The van der Waals surface area contributed by atoms with Gasteiger partial charge in [-0.05, 0) is 31.4 Å². The van der Waals surface area contributed by atoms with E-state index in [1.807, 2.05) is 19.1 Å². The monoisotopic (exact) mass is 261 g/mol. The number of primary amides is 1. The minimum absolute atomic E-state index is 0.0798. The Morgan fingerprint density at radius 3 is 2.84 bits per heavy atom. The first kappa shape index (κ1) is 13.5. The molecule has 19 heavy (non-hydrogen) atoms. The molecule has 0 aliphatic heterocycles. The van der Waals surface area contributed by atoms with Crippen LogP contribution in [-0.2, 0) is 16.0 Å². The number of nitrogens with one attached hydrogen (secondary N) is 1. The minimum atomic E-state index is -0.320. The maximum Gasteiger partial charge on any atom is 0.224 e. The highest BCUT2D eigenvalue weighted by Gasteiger charge is 2.32. The van der Waals surface area contributed by atoms with Gasteiger partial charge in [0.2, 0.25) is 11.8 Å². The summed E-state index contributed by atoms with van der Waals surface area (Å²) in [5.41, 5.74) is 7.13. The lowest BCUT2D eigenvalue weighted by atomic mass is 10.0. The van der Waals surface area contributed by atoms with Crippen LogP contribution in [0.5, 0.6) is 0 Å². The summed E-state index contributed by atoms with van der Waals surface area (Å²) < 4.78 is 0. The minimum Gasteiger partial charge on any atom is -0.369 e. The van der Waals surface area contributed by atoms with E-state index in [9.17, 15) is 9.59 Å². The number of aryl methyl sites for hydroxylation is 1. The fourth-order valence-corrected chi connectivity index (χ4v) is 2.52. The Morgan fingerprint density at radius 2 is 2.21 bits per heavy atom. The molecule has 1 aromatic rings. The molecule has 0 spiro atoms. The average Bonchev–Trinajstić information content (AvgIpc) is 2.80. The second kappa shape index (κ2) is 5.82. The number of nitrogens with zero attached hydrogens (tertiary/aromatic N) is 1. The summed E-state index contributed by atoms with van der Waals surface area (Å²) in [6.07, 6.45) is 4.52. The number of hydrogen-bond donors (Lipinski definition) is 2. The quantitative estimate of drug-likeness (QED) is 0.836. The van der Waals surface area contributed by atoms with Crippen molar-refractivity contribution in [3.63, 3.8) is 0 Å². The molecule has 5 nitrogen and oxygen atoms in total. The number of pyridine rings is 1. The zero-order valence-electron chi connectivity index (χ0n) is 11.1. The Hall–Kier alpha value is -1.91. The fraction of sp³-hybridized carbons (Fsp3) is 0.500. The molecule has 0 unspecified atom stereocenters. The molecule has 1 aliphatic carbocycles. The predicted octanol–water partition coefficient (Wildman–Crippen LogP) is 0.703. The fourth-order valence-electron chi connectivity index (χ4n) is 2.52. The zero-order valence-corrected chi connectivity index (χ0v) is 11.1. The normalized spacial score (nSPS) is 22.2. The highest BCUT2D eigenvalue weighted by Crippen LogP contribution is 2.25. The van der Waals surface area contributed by atoms with E-state index in [-0.39, 0.29) is 30.2 Å². The van der Waals surface area contributed by atoms with Crippen molar-refractivity contribution in [2.24, 2.45) is 11.7 Å². The number of hydrogen-bond acceptors (Lipinski definition) is 3. The second-order valence-electron chi connectivity index (χ2n) is 5.10. The molecule has 2 atom stereocenters. The molecule has 0 radical (unpaired) electrons. The highest BCUT2D eigenvalue weighted by atomic mass is 16.2. The summed E-state index contributed by atoms with van der Waals surface area (Å²) in [5, 5.41) is 2.91. The molecular weight excluding hydrogens is 242 g/mol. The number of amides is 2. The third-order valence-electron chi connectivity index (χ3n) is 3.57. The first-order valence-corrected chi connectivity index (χ1v) is 6.56. The van der Waals surface area contributed by atoms with Crippen molar-refractivity contribution in [1.82, 2.24) is 10.3 Å². The van der Waals surface area contributed by atoms with E-state index in [0.717, 1.165) is 30.5 Å². The molecule has 1 aliphatic rings. The number of aromatic nitrogens is 1. The Morgan fingerprint density at radius 1 is 1.42 bits per heavy atom. The predicted molar refractivity (Wildman–Crippen MR) is 71.1 cm³/mol. The van der Waals surface area contributed by atoms with Gasteiger partial charge in [0, 0.05) is 17.9 Å². The zero-order chi connectivity index (χ0) is 13.8. The Labute approximate surface area is 112 Å². The number of carbonyl (C=O) groups excluding carboxylic acids is 2. The summed E-state index contributed by atoms with van der Waals surface area (Å²) in [6.45, 7) is 1.90. The SMILES string of the molecule is Cc1ccc(CC(=O)N[C@@H]2CCC[C@@H]2C(N)=O)cn1. The van der Waals surface area contributed by atoms with Crippen molar-refractivity contribution >= 4 is 11.8 Å². The van der Waals surface area contributed by atoms with Crippen molar-refractivity contribution < 1.29 is 9.59 Å². The van der Waals surface area contributed by atoms with Crippen molar-refractivity contribution in [2.45, 2.75) is 38.6 Å². The van der Waals surface area contributed by atoms with Crippen molar-refractivity contribution in [3.05, 3.63) is 29.6 Å². The first-order valence-electron chi connectivity index (χ1n) is 6.56. The molecule has 0 bridgehead atoms. The van der Waals surface area contributed by atoms with Crippen molar-refractivity contribution in [3.8, 4) is 0 Å². The van der Waals surface area contributed by atoms with Crippen LogP contribution in [0.4, 0.5) is 0 Å². The van der Waals surface area contributed by atoms with Gasteiger partial charge in [-0.3, -0.25) is 14.6 Å². The van der Waals surface area contributed by atoms with E-state index in [4.69, 9.17) is 5.73 Å².